The van der Waals surface area contributed by atoms with Crippen LogP contribution in [0.25, 0.3) is 0 Å². The lowest BCUT2D eigenvalue weighted by Crippen LogP contribution is -2.50. The van der Waals surface area contributed by atoms with Crippen LogP contribution in [-0.4, -0.2) is 65.9 Å². The number of piperidine rings is 1. The van der Waals surface area contributed by atoms with E-state index in [-0.39, 0.29) is 18.1 Å². The standard InChI is InChI=1S/C23H34N4O5/c1-3-15-13-18(31-2)25-20(19(15)32-22(24)30)26-11-4-9-23(14-26)10-12-27(21(23)29)16-5-7-17(28)8-6-16/h13,16-17,28H,3-12,14H2,1-2H3,(H2,24,30)/t16?,17?,23-/m1/s1. The van der Waals surface area contributed by atoms with Gasteiger partial charge in [0.05, 0.1) is 18.6 Å². The van der Waals surface area contributed by atoms with Crippen LogP contribution in [0.1, 0.15) is 57.4 Å². The highest BCUT2D eigenvalue weighted by atomic mass is 16.5. The van der Waals surface area contributed by atoms with Gasteiger partial charge in [0.25, 0.3) is 0 Å². The molecule has 9 heteroatoms. The van der Waals surface area contributed by atoms with E-state index < -0.39 is 11.5 Å². The Morgan fingerprint density at radius 2 is 2.03 bits per heavy atom. The van der Waals surface area contributed by atoms with E-state index in [0.717, 1.165) is 57.1 Å². The largest absolute Gasteiger partial charge is 0.481 e. The fourth-order valence-electron chi connectivity index (χ4n) is 5.60. The number of carbonyl (C=O) groups excluding carboxylic acids is 2. The lowest BCUT2D eigenvalue weighted by atomic mass is 9.78. The summed E-state index contributed by atoms with van der Waals surface area (Å²) >= 11 is 0. The molecule has 3 fully saturated rings. The first-order valence-electron chi connectivity index (χ1n) is 11.7. The molecule has 1 atom stereocenters. The van der Waals surface area contributed by atoms with Crippen LogP contribution in [0, 0.1) is 5.41 Å². The third-order valence-corrected chi connectivity index (χ3v) is 7.33. The number of primary amides is 1. The van der Waals surface area contributed by atoms with Gasteiger partial charge in [-0.15, -0.1) is 0 Å². The van der Waals surface area contributed by atoms with Gasteiger partial charge in [0.1, 0.15) is 0 Å². The highest BCUT2D eigenvalue weighted by molar-refractivity contribution is 5.86. The Balaban J connectivity index is 1.60. The van der Waals surface area contributed by atoms with Crippen LogP contribution in [0.15, 0.2) is 6.07 Å². The van der Waals surface area contributed by atoms with Gasteiger partial charge in [-0.1, -0.05) is 6.92 Å². The molecule has 2 amide bonds. The number of aliphatic hydroxyl groups excluding tert-OH is 1. The second kappa shape index (κ2) is 9.13. The van der Waals surface area contributed by atoms with Gasteiger partial charge in [-0.25, -0.2) is 4.79 Å². The number of pyridine rings is 1. The number of aryl methyl sites for hydroxylation is 1. The third kappa shape index (κ3) is 4.22. The Labute approximate surface area is 188 Å². The van der Waals surface area contributed by atoms with Crippen molar-refractivity contribution in [3.63, 3.8) is 0 Å². The number of likely N-dealkylation sites (tertiary alicyclic amines) is 1. The maximum atomic E-state index is 13.6. The van der Waals surface area contributed by atoms with Gasteiger partial charge in [-0.05, 0) is 51.4 Å². The minimum absolute atomic E-state index is 0.208. The fraction of sp³-hybridized carbons (Fsp3) is 0.696. The van der Waals surface area contributed by atoms with E-state index in [2.05, 4.69) is 9.88 Å². The minimum Gasteiger partial charge on any atom is -0.481 e. The zero-order chi connectivity index (χ0) is 22.9. The number of aliphatic hydroxyl groups is 1. The number of amides is 2. The number of nitrogens with two attached hydrogens (primary N) is 1. The molecule has 1 saturated carbocycles. The van der Waals surface area contributed by atoms with Crippen molar-refractivity contribution in [1.82, 2.24) is 9.88 Å². The molecule has 0 aromatic carbocycles. The summed E-state index contributed by atoms with van der Waals surface area (Å²) in [5.41, 5.74) is 5.67. The van der Waals surface area contributed by atoms with Gasteiger partial charge in [0.15, 0.2) is 11.6 Å². The van der Waals surface area contributed by atoms with Gasteiger partial charge in [-0.3, -0.25) is 4.79 Å². The molecule has 0 radical (unpaired) electrons. The SMILES string of the molecule is CCc1cc(OC)nc(N2CCC[C@@]3(CCN(C4CCC(O)CC4)C3=O)C2)c1OC(N)=O. The molecule has 1 spiro atoms. The van der Waals surface area contributed by atoms with Gasteiger partial charge >= 0.3 is 6.09 Å². The maximum Gasteiger partial charge on any atom is 0.410 e. The Bertz CT molecular complexity index is 870. The van der Waals surface area contributed by atoms with Crippen molar-refractivity contribution >= 4 is 17.8 Å². The molecule has 32 heavy (non-hydrogen) atoms. The number of anilines is 1. The molecule has 9 nitrogen and oxygen atoms in total. The summed E-state index contributed by atoms with van der Waals surface area (Å²) in [6.07, 6.45) is 5.22. The molecule has 2 saturated heterocycles. The number of hydrogen-bond donors (Lipinski definition) is 2. The number of ether oxygens (including phenoxy) is 2. The molecule has 1 aliphatic carbocycles. The highest BCUT2D eigenvalue weighted by Gasteiger charge is 2.51. The predicted octanol–water partition coefficient (Wildman–Crippen LogP) is 2.23. The second-order valence-electron chi connectivity index (χ2n) is 9.27. The lowest BCUT2D eigenvalue weighted by Gasteiger charge is -2.41. The number of rotatable bonds is 5. The zero-order valence-corrected chi connectivity index (χ0v) is 19.0. The van der Waals surface area contributed by atoms with E-state index in [1.165, 1.54) is 0 Å². The van der Waals surface area contributed by atoms with E-state index in [9.17, 15) is 14.7 Å². The minimum atomic E-state index is -0.887. The average Bonchev–Trinajstić information content (AvgIpc) is 3.09. The number of aromatic nitrogens is 1. The van der Waals surface area contributed by atoms with E-state index in [1.807, 2.05) is 11.8 Å². The molecule has 3 N–H and O–H groups in total. The summed E-state index contributed by atoms with van der Waals surface area (Å²) < 4.78 is 10.8. The van der Waals surface area contributed by atoms with E-state index in [4.69, 9.17) is 15.2 Å². The van der Waals surface area contributed by atoms with Gasteiger partial charge in [0.2, 0.25) is 11.8 Å². The van der Waals surface area contributed by atoms with Crippen LogP contribution in [0.2, 0.25) is 0 Å². The summed E-state index contributed by atoms with van der Waals surface area (Å²) in [5, 5.41) is 9.84. The molecule has 3 aliphatic rings. The normalized spacial score (nSPS) is 28.3. The molecule has 1 aromatic heterocycles. The summed E-state index contributed by atoms with van der Waals surface area (Å²) in [4.78, 5) is 33.9. The van der Waals surface area contributed by atoms with Crippen molar-refractivity contribution in [2.24, 2.45) is 11.1 Å². The topological polar surface area (TPSA) is 118 Å². The average molecular weight is 447 g/mol. The Morgan fingerprint density at radius 1 is 1.28 bits per heavy atom. The number of carbonyl (C=O) groups is 2. The smallest absolute Gasteiger partial charge is 0.410 e. The molecule has 3 heterocycles. The molecule has 0 bridgehead atoms. The molecule has 0 unspecified atom stereocenters. The molecular weight excluding hydrogens is 412 g/mol. The van der Waals surface area contributed by atoms with E-state index >= 15 is 0 Å². The van der Waals surface area contributed by atoms with Crippen molar-refractivity contribution in [2.45, 2.75) is 70.4 Å². The van der Waals surface area contributed by atoms with Gasteiger partial charge in [-0.2, -0.15) is 4.98 Å². The molecule has 1 aromatic rings. The Kier molecular flexibility index (Phi) is 6.46. The van der Waals surface area contributed by atoms with E-state index in [1.54, 1.807) is 13.2 Å². The predicted molar refractivity (Wildman–Crippen MR) is 119 cm³/mol. The molecule has 4 rings (SSSR count). The van der Waals surface area contributed by atoms with Crippen LogP contribution < -0.4 is 20.1 Å². The first-order valence-corrected chi connectivity index (χ1v) is 11.7. The van der Waals surface area contributed by atoms with Crippen molar-refractivity contribution in [2.75, 3.05) is 31.6 Å². The maximum absolute atomic E-state index is 13.6. The van der Waals surface area contributed by atoms with Crippen LogP contribution in [0.3, 0.4) is 0 Å². The Morgan fingerprint density at radius 3 is 2.69 bits per heavy atom. The Hall–Kier alpha value is -2.55. The first-order chi connectivity index (χ1) is 15.4. The second-order valence-corrected chi connectivity index (χ2v) is 9.27. The summed E-state index contributed by atoms with van der Waals surface area (Å²) in [6, 6.07) is 1.97. The molecule has 176 valence electrons. The first kappa shape index (κ1) is 22.6. The third-order valence-electron chi connectivity index (χ3n) is 7.33. The monoisotopic (exact) mass is 446 g/mol. The molecule has 2 aliphatic heterocycles. The quantitative estimate of drug-likeness (QED) is 0.712. The highest BCUT2D eigenvalue weighted by Crippen LogP contribution is 2.45. The lowest BCUT2D eigenvalue weighted by molar-refractivity contribution is -0.139. The zero-order valence-electron chi connectivity index (χ0n) is 19.0. The number of methoxy groups -OCH3 is 1. The summed E-state index contributed by atoms with van der Waals surface area (Å²) in [7, 11) is 1.55. The van der Waals surface area contributed by atoms with Crippen LogP contribution in [0.5, 0.6) is 11.6 Å². The fourth-order valence-corrected chi connectivity index (χ4v) is 5.60. The number of nitrogens with zero attached hydrogens (tertiary/aromatic N) is 3. The van der Waals surface area contributed by atoms with Crippen molar-refractivity contribution in [3.8, 4) is 11.6 Å². The summed E-state index contributed by atoms with van der Waals surface area (Å²) in [5.74, 6) is 1.50. The van der Waals surface area contributed by atoms with Crippen LogP contribution in [0.4, 0.5) is 10.6 Å². The van der Waals surface area contributed by atoms with Crippen molar-refractivity contribution < 1.29 is 24.2 Å². The van der Waals surface area contributed by atoms with E-state index in [0.29, 0.717) is 37.0 Å². The molecular formula is C23H34N4O5. The van der Waals surface area contributed by atoms with Gasteiger partial charge < -0.3 is 30.1 Å². The summed E-state index contributed by atoms with van der Waals surface area (Å²) in [6.45, 7) is 3.95. The van der Waals surface area contributed by atoms with Crippen LogP contribution >= 0.6 is 0 Å². The van der Waals surface area contributed by atoms with Gasteiger partial charge in [0, 0.05) is 37.3 Å². The van der Waals surface area contributed by atoms with Crippen molar-refractivity contribution in [1.29, 1.82) is 0 Å². The van der Waals surface area contributed by atoms with Crippen molar-refractivity contribution in [3.05, 3.63) is 11.6 Å². The van der Waals surface area contributed by atoms with Crippen LogP contribution in [-0.2, 0) is 11.2 Å². The number of hydrogen-bond acceptors (Lipinski definition) is 7.